The van der Waals surface area contributed by atoms with Gasteiger partial charge in [-0.05, 0) is 57.6 Å². The Balaban J connectivity index is 0.000000815. The van der Waals surface area contributed by atoms with E-state index in [1.54, 1.807) is 0 Å². The second-order valence-corrected chi connectivity index (χ2v) is 7.44. The number of fused-ring (bicyclic) bond motifs is 3. The van der Waals surface area contributed by atoms with Crippen LogP contribution in [0.3, 0.4) is 0 Å². The van der Waals surface area contributed by atoms with Crippen molar-refractivity contribution < 1.29 is 19.7 Å². The van der Waals surface area contributed by atoms with E-state index >= 15 is 0 Å². The summed E-state index contributed by atoms with van der Waals surface area (Å²) in [4.78, 5) is 0. The highest BCUT2D eigenvalue weighted by molar-refractivity contribution is 5.86. The fourth-order valence-corrected chi connectivity index (χ4v) is 4.78. The van der Waals surface area contributed by atoms with Crippen molar-refractivity contribution in [3.63, 3.8) is 0 Å². The van der Waals surface area contributed by atoms with Crippen molar-refractivity contribution in [2.45, 2.75) is 33.1 Å². The summed E-state index contributed by atoms with van der Waals surface area (Å²) in [6.45, 7) is 7.28. The van der Waals surface area contributed by atoms with Crippen LogP contribution in [0.15, 0.2) is 97.1 Å². The molecule has 1 aliphatic rings. The number of aliphatic hydroxyl groups is 2. The summed E-state index contributed by atoms with van der Waals surface area (Å²) >= 11 is 0. The van der Waals surface area contributed by atoms with Crippen LogP contribution >= 0.6 is 0 Å². The van der Waals surface area contributed by atoms with Crippen LogP contribution in [0.25, 0.3) is 11.1 Å². The summed E-state index contributed by atoms with van der Waals surface area (Å²) in [6, 6.07) is 32.8. The van der Waals surface area contributed by atoms with Gasteiger partial charge in [0.25, 0.3) is 0 Å². The van der Waals surface area contributed by atoms with Gasteiger partial charge in [-0.2, -0.15) is 0 Å². The van der Waals surface area contributed by atoms with Crippen LogP contribution in [-0.2, 0) is 5.41 Å². The third kappa shape index (κ3) is 4.68. The van der Waals surface area contributed by atoms with Crippen molar-refractivity contribution >= 4 is 0 Å². The van der Waals surface area contributed by atoms with E-state index in [1.807, 2.05) is 52.0 Å². The Morgan fingerprint density at radius 3 is 1.20 bits per heavy atom. The third-order valence-corrected chi connectivity index (χ3v) is 5.99. The molecule has 0 spiro atoms. The highest BCUT2D eigenvalue weighted by Crippen LogP contribution is 2.56. The molecule has 0 amide bonds. The average molecular weight is 471 g/mol. The van der Waals surface area contributed by atoms with Crippen molar-refractivity contribution in [1.82, 2.24) is 0 Å². The van der Waals surface area contributed by atoms with Gasteiger partial charge < -0.3 is 19.7 Å². The SMILES string of the molecule is CC.CC.OCOc1ccc(C2(c3ccc(OCO)cc3)c3ccccc3-c3ccccc32)cc1. The van der Waals surface area contributed by atoms with Crippen LogP contribution < -0.4 is 9.47 Å². The van der Waals surface area contributed by atoms with E-state index in [4.69, 9.17) is 19.7 Å². The van der Waals surface area contributed by atoms with Crippen molar-refractivity contribution in [3.05, 3.63) is 119 Å². The molecule has 0 atom stereocenters. The fourth-order valence-electron chi connectivity index (χ4n) is 4.78. The van der Waals surface area contributed by atoms with E-state index < -0.39 is 5.41 Å². The Hall–Kier alpha value is -3.60. The van der Waals surface area contributed by atoms with Gasteiger partial charge in [0.15, 0.2) is 13.6 Å². The van der Waals surface area contributed by atoms with Gasteiger partial charge in [-0.15, -0.1) is 0 Å². The summed E-state index contributed by atoms with van der Waals surface area (Å²) < 4.78 is 10.5. The van der Waals surface area contributed by atoms with Gasteiger partial charge in [0.05, 0.1) is 5.41 Å². The summed E-state index contributed by atoms with van der Waals surface area (Å²) in [5.41, 5.74) is 6.54. The number of hydrogen-bond acceptors (Lipinski definition) is 4. The molecule has 5 rings (SSSR count). The van der Waals surface area contributed by atoms with E-state index in [0.717, 1.165) is 11.1 Å². The molecule has 0 saturated heterocycles. The number of benzene rings is 4. The molecule has 0 unspecified atom stereocenters. The maximum absolute atomic E-state index is 9.11. The molecule has 4 aromatic carbocycles. The maximum atomic E-state index is 9.11. The van der Waals surface area contributed by atoms with E-state index in [1.165, 1.54) is 22.3 Å². The van der Waals surface area contributed by atoms with Crippen molar-refractivity contribution in [1.29, 1.82) is 0 Å². The van der Waals surface area contributed by atoms with Crippen molar-refractivity contribution in [2.75, 3.05) is 13.6 Å². The first-order valence-corrected chi connectivity index (χ1v) is 12.2. The molecule has 2 N–H and O–H groups in total. The normalized spacial score (nSPS) is 12.2. The lowest BCUT2D eigenvalue weighted by atomic mass is 9.68. The Morgan fingerprint density at radius 2 is 0.857 bits per heavy atom. The largest absolute Gasteiger partial charge is 0.468 e. The van der Waals surface area contributed by atoms with E-state index in [2.05, 4.69) is 72.8 Å². The first kappa shape index (κ1) is 26.0. The lowest BCUT2D eigenvalue weighted by Gasteiger charge is -2.34. The summed E-state index contributed by atoms with van der Waals surface area (Å²) in [5.74, 6) is 1.24. The van der Waals surface area contributed by atoms with E-state index in [9.17, 15) is 0 Å². The zero-order valence-corrected chi connectivity index (χ0v) is 20.9. The smallest absolute Gasteiger partial charge is 0.186 e. The standard InChI is InChI=1S/C27H22O4.2C2H6/c28-17-30-21-13-9-19(10-14-21)27(20-11-15-22(16-12-20)31-18-29)25-7-3-1-5-23(25)24-6-2-4-8-26(24)27;2*1-2/h1-16,28-29H,17-18H2;2*1-2H3. The molecule has 4 heteroatoms. The highest BCUT2D eigenvalue weighted by Gasteiger charge is 2.45. The second kappa shape index (κ2) is 12.2. The Bertz CT molecular complexity index is 1100. The van der Waals surface area contributed by atoms with Crippen LogP contribution in [0.5, 0.6) is 11.5 Å². The highest BCUT2D eigenvalue weighted by atomic mass is 16.6. The Kier molecular flexibility index (Phi) is 9.07. The molecule has 0 saturated carbocycles. The number of hydrogen-bond donors (Lipinski definition) is 2. The summed E-state index contributed by atoms with van der Waals surface area (Å²) in [7, 11) is 0. The topological polar surface area (TPSA) is 58.9 Å². The molecule has 0 aliphatic heterocycles. The second-order valence-electron chi connectivity index (χ2n) is 7.44. The van der Waals surface area contributed by atoms with Gasteiger partial charge in [0, 0.05) is 0 Å². The predicted molar refractivity (Wildman–Crippen MR) is 142 cm³/mol. The van der Waals surface area contributed by atoms with Gasteiger partial charge in [0.1, 0.15) is 11.5 Å². The molecular formula is C31H34O4. The monoisotopic (exact) mass is 470 g/mol. The summed E-state index contributed by atoms with van der Waals surface area (Å²) in [6.07, 6.45) is 0. The van der Waals surface area contributed by atoms with Crippen molar-refractivity contribution in [2.24, 2.45) is 0 Å². The lowest BCUT2D eigenvalue weighted by Crippen LogP contribution is -2.28. The summed E-state index contributed by atoms with van der Waals surface area (Å²) in [5, 5.41) is 18.2. The molecular weight excluding hydrogens is 436 g/mol. The van der Waals surface area contributed by atoms with Crippen LogP contribution in [-0.4, -0.2) is 23.8 Å². The van der Waals surface area contributed by atoms with Crippen LogP contribution in [0.2, 0.25) is 0 Å². The fraction of sp³-hybridized carbons (Fsp3) is 0.226. The minimum atomic E-state index is -0.511. The van der Waals surface area contributed by atoms with Crippen LogP contribution in [0, 0.1) is 0 Å². The molecule has 182 valence electrons. The first-order valence-electron chi connectivity index (χ1n) is 12.2. The first-order chi connectivity index (χ1) is 17.3. The third-order valence-electron chi connectivity index (χ3n) is 5.99. The number of rotatable bonds is 6. The Morgan fingerprint density at radius 1 is 0.514 bits per heavy atom. The predicted octanol–water partition coefficient (Wildman–Crippen LogP) is 6.76. The quantitative estimate of drug-likeness (QED) is 0.269. The zero-order valence-electron chi connectivity index (χ0n) is 20.9. The molecule has 0 aromatic heterocycles. The number of aliphatic hydroxyl groups excluding tert-OH is 2. The van der Waals surface area contributed by atoms with Crippen LogP contribution in [0.1, 0.15) is 49.9 Å². The van der Waals surface area contributed by atoms with Crippen LogP contribution in [0.4, 0.5) is 0 Å². The molecule has 0 heterocycles. The zero-order chi connectivity index (χ0) is 25.3. The molecule has 4 aromatic rings. The van der Waals surface area contributed by atoms with Gasteiger partial charge in [-0.1, -0.05) is 100 Å². The number of ether oxygens (including phenoxy) is 2. The van der Waals surface area contributed by atoms with Crippen molar-refractivity contribution in [3.8, 4) is 22.6 Å². The minimum Gasteiger partial charge on any atom is -0.468 e. The molecule has 1 aliphatic carbocycles. The maximum Gasteiger partial charge on any atom is 0.186 e. The van der Waals surface area contributed by atoms with Gasteiger partial charge in [-0.3, -0.25) is 0 Å². The lowest BCUT2D eigenvalue weighted by molar-refractivity contribution is 0.0981. The molecule has 0 bridgehead atoms. The average Bonchev–Trinajstić information content (AvgIpc) is 3.24. The molecule has 4 nitrogen and oxygen atoms in total. The molecule has 0 fully saturated rings. The van der Waals surface area contributed by atoms with E-state index in [0.29, 0.717) is 11.5 Å². The minimum absolute atomic E-state index is 0.359. The van der Waals surface area contributed by atoms with Gasteiger partial charge in [0.2, 0.25) is 0 Å². The Labute approximate surface area is 208 Å². The molecule has 35 heavy (non-hydrogen) atoms. The van der Waals surface area contributed by atoms with E-state index in [-0.39, 0.29) is 13.6 Å². The molecule has 0 radical (unpaired) electrons. The van der Waals surface area contributed by atoms with Gasteiger partial charge in [-0.25, -0.2) is 0 Å². The van der Waals surface area contributed by atoms with Gasteiger partial charge >= 0.3 is 0 Å².